The van der Waals surface area contributed by atoms with Gasteiger partial charge in [-0.2, -0.15) is 5.10 Å². The molecule has 1 N–H and O–H groups in total. The number of hydrogen-bond acceptors (Lipinski definition) is 6. The Balaban J connectivity index is 2.04. The molecule has 0 unspecified atom stereocenters. The molecular weight excluding hydrogens is 372 g/mol. The summed E-state index contributed by atoms with van der Waals surface area (Å²) in [5.41, 5.74) is 3.65. The summed E-state index contributed by atoms with van der Waals surface area (Å²) in [4.78, 5) is 12.3. The van der Waals surface area contributed by atoms with Crippen LogP contribution in [-0.2, 0) is 0 Å². The van der Waals surface area contributed by atoms with Gasteiger partial charge in [0, 0.05) is 5.56 Å². The van der Waals surface area contributed by atoms with Gasteiger partial charge in [0.05, 0.1) is 27.0 Å². The van der Waals surface area contributed by atoms with E-state index in [2.05, 4.69) is 17.1 Å². The third-order valence-electron chi connectivity index (χ3n) is 3.81. The lowest BCUT2D eigenvalue weighted by Gasteiger charge is -2.11. The van der Waals surface area contributed by atoms with Gasteiger partial charge < -0.3 is 18.9 Å². The van der Waals surface area contributed by atoms with Crippen LogP contribution >= 0.6 is 0 Å². The Morgan fingerprint density at radius 3 is 2.41 bits per heavy atom. The van der Waals surface area contributed by atoms with Crippen LogP contribution in [0.15, 0.2) is 54.2 Å². The Morgan fingerprint density at radius 1 is 1.03 bits per heavy atom. The predicted octanol–water partition coefficient (Wildman–Crippen LogP) is 3.82. The van der Waals surface area contributed by atoms with Gasteiger partial charge in [-0.25, -0.2) is 5.43 Å². The van der Waals surface area contributed by atoms with Crippen molar-refractivity contribution in [1.82, 2.24) is 5.43 Å². The zero-order chi connectivity index (χ0) is 21.1. The molecule has 0 heterocycles. The first-order valence-electron chi connectivity index (χ1n) is 9.18. The molecule has 0 spiro atoms. The Labute approximate surface area is 170 Å². The molecule has 0 aliphatic heterocycles. The maximum atomic E-state index is 12.3. The summed E-state index contributed by atoms with van der Waals surface area (Å²) >= 11 is 0. The summed E-state index contributed by atoms with van der Waals surface area (Å²) in [5.74, 6) is 1.90. The van der Waals surface area contributed by atoms with Crippen molar-refractivity contribution in [3.05, 3.63) is 60.2 Å². The van der Waals surface area contributed by atoms with Gasteiger partial charge >= 0.3 is 0 Å². The molecule has 7 nitrogen and oxygen atoms in total. The first-order valence-corrected chi connectivity index (χ1v) is 9.18. The van der Waals surface area contributed by atoms with Crippen LogP contribution in [0.3, 0.4) is 0 Å². The largest absolute Gasteiger partial charge is 0.493 e. The lowest BCUT2D eigenvalue weighted by molar-refractivity contribution is 0.0954. The minimum atomic E-state index is -0.362. The fourth-order valence-corrected chi connectivity index (χ4v) is 2.40. The average molecular weight is 398 g/mol. The van der Waals surface area contributed by atoms with Crippen LogP contribution in [0.2, 0.25) is 0 Å². The van der Waals surface area contributed by atoms with Crippen LogP contribution in [0.1, 0.15) is 29.3 Å². The van der Waals surface area contributed by atoms with E-state index in [4.69, 9.17) is 18.9 Å². The molecule has 154 valence electrons. The monoisotopic (exact) mass is 398 g/mol. The van der Waals surface area contributed by atoms with Crippen molar-refractivity contribution in [2.75, 3.05) is 27.4 Å². The summed E-state index contributed by atoms with van der Waals surface area (Å²) < 4.78 is 21.7. The molecule has 0 aromatic heterocycles. The molecule has 0 aliphatic rings. The third-order valence-corrected chi connectivity index (χ3v) is 3.81. The van der Waals surface area contributed by atoms with Crippen LogP contribution in [0.4, 0.5) is 0 Å². The van der Waals surface area contributed by atoms with Crippen LogP contribution in [-0.4, -0.2) is 39.6 Å². The Kier molecular flexibility index (Phi) is 8.56. The summed E-state index contributed by atoms with van der Waals surface area (Å²) in [6, 6.07) is 10.3. The van der Waals surface area contributed by atoms with E-state index < -0.39 is 0 Å². The van der Waals surface area contributed by atoms with E-state index in [1.807, 2.05) is 6.92 Å². The van der Waals surface area contributed by atoms with E-state index in [0.717, 1.165) is 12.0 Å². The molecule has 2 aromatic rings. The first kappa shape index (κ1) is 21.8. The van der Waals surface area contributed by atoms with E-state index in [-0.39, 0.29) is 5.91 Å². The van der Waals surface area contributed by atoms with Crippen molar-refractivity contribution in [3.8, 4) is 23.0 Å². The second-order valence-corrected chi connectivity index (χ2v) is 5.92. The third kappa shape index (κ3) is 6.27. The molecule has 0 radical (unpaired) electrons. The zero-order valence-electron chi connectivity index (χ0n) is 16.9. The number of hydrogen-bond donors (Lipinski definition) is 1. The summed E-state index contributed by atoms with van der Waals surface area (Å²) in [6.07, 6.45) is 4.06. The van der Waals surface area contributed by atoms with Gasteiger partial charge in [0.1, 0.15) is 6.61 Å². The molecule has 0 atom stereocenters. The molecule has 7 heteroatoms. The molecule has 0 saturated heterocycles. The molecule has 0 fully saturated rings. The Hall–Kier alpha value is -3.48. The number of nitrogens with zero attached hydrogens (tertiary/aromatic N) is 1. The van der Waals surface area contributed by atoms with Crippen LogP contribution in [0.25, 0.3) is 0 Å². The van der Waals surface area contributed by atoms with Gasteiger partial charge in [-0.15, -0.1) is 0 Å². The quantitative estimate of drug-likeness (QED) is 0.354. The van der Waals surface area contributed by atoms with Gasteiger partial charge in [-0.05, 0) is 48.4 Å². The van der Waals surface area contributed by atoms with Crippen molar-refractivity contribution in [2.45, 2.75) is 13.3 Å². The Bertz CT molecular complexity index is 864. The summed E-state index contributed by atoms with van der Waals surface area (Å²) in [5, 5.41) is 4.00. The topological polar surface area (TPSA) is 78.4 Å². The van der Waals surface area contributed by atoms with Crippen molar-refractivity contribution >= 4 is 12.1 Å². The molecule has 0 aliphatic carbocycles. The summed E-state index contributed by atoms with van der Waals surface area (Å²) in [7, 11) is 3.09. The van der Waals surface area contributed by atoms with Gasteiger partial charge in [-0.1, -0.05) is 19.6 Å². The lowest BCUT2D eigenvalue weighted by Crippen LogP contribution is -2.17. The van der Waals surface area contributed by atoms with Crippen LogP contribution < -0.4 is 24.4 Å². The molecule has 29 heavy (non-hydrogen) atoms. The van der Waals surface area contributed by atoms with E-state index in [9.17, 15) is 4.79 Å². The fraction of sp³-hybridized carbons (Fsp3) is 0.273. The molecule has 0 saturated carbocycles. The lowest BCUT2D eigenvalue weighted by atomic mass is 10.2. The minimum absolute atomic E-state index is 0.362. The molecule has 2 aromatic carbocycles. The second kappa shape index (κ2) is 11.4. The normalized spacial score (nSPS) is 10.4. The average Bonchev–Trinajstić information content (AvgIpc) is 2.76. The fourth-order valence-electron chi connectivity index (χ4n) is 2.40. The Morgan fingerprint density at radius 2 is 1.72 bits per heavy atom. The van der Waals surface area contributed by atoms with E-state index >= 15 is 0 Å². The number of nitrogens with one attached hydrogen (secondary N) is 1. The molecule has 1 amide bonds. The van der Waals surface area contributed by atoms with Crippen molar-refractivity contribution in [1.29, 1.82) is 0 Å². The van der Waals surface area contributed by atoms with Crippen molar-refractivity contribution in [3.63, 3.8) is 0 Å². The highest BCUT2D eigenvalue weighted by Gasteiger charge is 2.11. The van der Waals surface area contributed by atoms with Crippen molar-refractivity contribution in [2.24, 2.45) is 5.10 Å². The number of amides is 1. The molecular formula is C22H26N2O5. The number of rotatable bonds is 11. The number of hydrazone groups is 1. The van der Waals surface area contributed by atoms with Crippen LogP contribution in [0, 0.1) is 0 Å². The highest BCUT2D eigenvalue weighted by Crippen LogP contribution is 2.29. The predicted molar refractivity (Wildman–Crippen MR) is 113 cm³/mol. The maximum Gasteiger partial charge on any atom is 0.271 e. The van der Waals surface area contributed by atoms with E-state index in [0.29, 0.717) is 41.8 Å². The SMILES string of the molecule is C=CCOc1ccc(/C=N/NC(=O)c2ccc(OCCC)c(OC)c2)cc1OC. The number of ether oxygens (including phenoxy) is 4. The number of benzene rings is 2. The first-order chi connectivity index (χ1) is 14.1. The van der Waals surface area contributed by atoms with Gasteiger partial charge in [-0.3, -0.25) is 4.79 Å². The van der Waals surface area contributed by atoms with Gasteiger partial charge in [0.15, 0.2) is 23.0 Å². The number of carbonyl (C=O) groups is 1. The second-order valence-electron chi connectivity index (χ2n) is 5.92. The van der Waals surface area contributed by atoms with Gasteiger partial charge in [0.25, 0.3) is 5.91 Å². The van der Waals surface area contributed by atoms with E-state index in [1.165, 1.54) is 13.3 Å². The molecule has 2 rings (SSSR count). The van der Waals surface area contributed by atoms with Gasteiger partial charge in [0.2, 0.25) is 0 Å². The summed E-state index contributed by atoms with van der Waals surface area (Å²) in [6.45, 7) is 6.59. The van der Waals surface area contributed by atoms with Crippen molar-refractivity contribution < 1.29 is 23.7 Å². The number of methoxy groups -OCH3 is 2. The smallest absolute Gasteiger partial charge is 0.271 e. The highest BCUT2D eigenvalue weighted by molar-refractivity contribution is 5.95. The zero-order valence-corrected chi connectivity index (χ0v) is 16.9. The van der Waals surface area contributed by atoms with Crippen LogP contribution in [0.5, 0.6) is 23.0 Å². The standard InChI is InChI=1S/C22H26N2O5/c1-5-11-28-18-9-7-16(13-20(18)26-3)15-23-24-22(25)17-8-10-19(29-12-6-2)21(14-17)27-4/h5,7-10,13-15H,1,6,11-12H2,2-4H3,(H,24,25)/b23-15+. The molecule has 0 bridgehead atoms. The maximum absolute atomic E-state index is 12.3. The minimum Gasteiger partial charge on any atom is -0.493 e. The number of carbonyl (C=O) groups excluding carboxylic acids is 1. The van der Waals surface area contributed by atoms with E-state index in [1.54, 1.807) is 49.6 Å². The highest BCUT2D eigenvalue weighted by atomic mass is 16.5.